The van der Waals surface area contributed by atoms with E-state index < -0.39 is 0 Å². The number of fused-ring (bicyclic) bond motifs is 4. The number of hydrogen-bond acceptors (Lipinski definition) is 5. The van der Waals surface area contributed by atoms with Crippen LogP contribution >= 0.6 is 0 Å². The fraction of sp³-hybridized carbons (Fsp3) is 0. The Morgan fingerprint density at radius 2 is 1.29 bits per heavy atom. The number of hydrogen-bond donors (Lipinski definition) is 0. The van der Waals surface area contributed by atoms with Gasteiger partial charge in [-0.3, -0.25) is 14.5 Å². The van der Waals surface area contributed by atoms with Crippen molar-refractivity contribution in [1.82, 2.24) is 29.5 Å². The molecule has 0 aliphatic carbocycles. The third-order valence-corrected chi connectivity index (χ3v) is 7.47. The maximum Gasteiger partial charge on any atom is 0.146 e. The van der Waals surface area contributed by atoms with Crippen molar-refractivity contribution in [1.29, 1.82) is 0 Å². The molecule has 0 saturated heterocycles. The molecule has 6 aromatic heterocycles. The van der Waals surface area contributed by atoms with Crippen molar-refractivity contribution in [3.8, 4) is 39.5 Å². The highest BCUT2D eigenvalue weighted by Gasteiger charge is 2.15. The molecule has 0 saturated carbocycles. The smallest absolute Gasteiger partial charge is 0.146 e. The van der Waals surface area contributed by atoms with Crippen LogP contribution in [-0.4, -0.2) is 29.5 Å². The minimum atomic E-state index is 0.806. The van der Waals surface area contributed by atoms with Gasteiger partial charge < -0.3 is 0 Å². The lowest BCUT2D eigenvalue weighted by Gasteiger charge is -2.12. The summed E-state index contributed by atoms with van der Waals surface area (Å²) in [5.74, 6) is 0.806. The maximum absolute atomic E-state index is 5.05. The summed E-state index contributed by atoms with van der Waals surface area (Å²) in [6, 6.07) is 33.0. The van der Waals surface area contributed by atoms with Gasteiger partial charge in [0.05, 0.1) is 16.9 Å². The summed E-state index contributed by atoms with van der Waals surface area (Å²) >= 11 is 0. The molecule has 0 bridgehead atoms. The van der Waals surface area contributed by atoms with Crippen molar-refractivity contribution in [2.45, 2.75) is 0 Å². The van der Waals surface area contributed by atoms with Gasteiger partial charge in [-0.25, -0.2) is 15.0 Å². The van der Waals surface area contributed by atoms with E-state index in [1.807, 2.05) is 67.4 Å². The zero-order valence-corrected chi connectivity index (χ0v) is 21.9. The molecule has 2 aromatic carbocycles. The molecule has 0 fully saturated rings. The standard InChI is InChI=1S/C35H22N6/c1-2-9-27-23(7-1)19-37-22-30(27)26-17-31(24-8-5-15-36-20-24)40-32(18-26)25-13-14-34(39-21-25)41-33-12-4-3-10-28(33)29-11-6-16-38-35(29)41/h1-22H. The van der Waals surface area contributed by atoms with Gasteiger partial charge in [0.2, 0.25) is 0 Å². The van der Waals surface area contributed by atoms with Crippen LogP contribution in [0.5, 0.6) is 0 Å². The second-order valence-corrected chi connectivity index (χ2v) is 9.91. The first-order valence-corrected chi connectivity index (χ1v) is 13.4. The quantitative estimate of drug-likeness (QED) is 0.233. The van der Waals surface area contributed by atoms with Crippen LogP contribution in [-0.2, 0) is 0 Å². The Morgan fingerprint density at radius 1 is 0.512 bits per heavy atom. The van der Waals surface area contributed by atoms with Crippen LogP contribution in [0.2, 0.25) is 0 Å². The molecule has 6 nitrogen and oxygen atoms in total. The van der Waals surface area contributed by atoms with Crippen LogP contribution in [0.25, 0.3) is 72.2 Å². The first-order valence-electron chi connectivity index (χ1n) is 13.4. The molecule has 8 rings (SSSR count). The Balaban J connectivity index is 1.29. The topological polar surface area (TPSA) is 69.4 Å². The summed E-state index contributed by atoms with van der Waals surface area (Å²) < 4.78 is 2.11. The van der Waals surface area contributed by atoms with Gasteiger partial charge in [-0.2, -0.15) is 0 Å². The van der Waals surface area contributed by atoms with Crippen molar-refractivity contribution in [2.75, 3.05) is 0 Å². The van der Waals surface area contributed by atoms with Gasteiger partial charge in [0.25, 0.3) is 0 Å². The first-order chi connectivity index (χ1) is 20.3. The highest BCUT2D eigenvalue weighted by Crippen LogP contribution is 2.34. The van der Waals surface area contributed by atoms with E-state index in [4.69, 9.17) is 9.97 Å². The summed E-state index contributed by atoms with van der Waals surface area (Å²) in [7, 11) is 0. The lowest BCUT2D eigenvalue weighted by molar-refractivity contribution is 1.06. The van der Waals surface area contributed by atoms with E-state index in [-0.39, 0.29) is 0 Å². The average molecular weight is 527 g/mol. The summed E-state index contributed by atoms with van der Waals surface area (Å²) in [6.07, 6.45) is 11.1. The molecular formula is C35H22N6. The average Bonchev–Trinajstić information content (AvgIpc) is 3.39. The summed E-state index contributed by atoms with van der Waals surface area (Å²) in [4.78, 5) is 23.5. The van der Waals surface area contributed by atoms with E-state index in [0.717, 1.165) is 72.2 Å². The molecule has 0 spiro atoms. The highest BCUT2D eigenvalue weighted by molar-refractivity contribution is 6.07. The molecule has 0 atom stereocenters. The van der Waals surface area contributed by atoms with E-state index in [1.54, 1.807) is 6.20 Å². The number of aromatic nitrogens is 6. The third-order valence-electron chi connectivity index (χ3n) is 7.47. The van der Waals surface area contributed by atoms with Gasteiger partial charge in [0.1, 0.15) is 11.5 Å². The molecule has 8 aromatic rings. The number of benzene rings is 2. The predicted molar refractivity (Wildman–Crippen MR) is 164 cm³/mol. The number of para-hydroxylation sites is 1. The molecule has 0 amide bonds. The summed E-state index contributed by atoms with van der Waals surface area (Å²) in [5.41, 5.74) is 7.59. The Morgan fingerprint density at radius 3 is 2.12 bits per heavy atom. The number of rotatable bonds is 4. The predicted octanol–water partition coefficient (Wildman–Crippen LogP) is 7.91. The van der Waals surface area contributed by atoms with E-state index in [0.29, 0.717) is 0 Å². The lowest BCUT2D eigenvalue weighted by atomic mass is 9.98. The molecule has 0 radical (unpaired) electrons. The van der Waals surface area contributed by atoms with E-state index in [1.165, 1.54) is 0 Å². The van der Waals surface area contributed by atoms with E-state index in [2.05, 4.69) is 80.2 Å². The second-order valence-electron chi connectivity index (χ2n) is 9.91. The van der Waals surface area contributed by atoms with Crippen molar-refractivity contribution < 1.29 is 0 Å². The fourth-order valence-corrected chi connectivity index (χ4v) is 5.54. The zero-order chi connectivity index (χ0) is 27.2. The normalized spacial score (nSPS) is 11.4. The Bertz CT molecular complexity index is 2140. The first kappa shape index (κ1) is 23.2. The minimum Gasteiger partial charge on any atom is -0.278 e. The second kappa shape index (κ2) is 9.47. The minimum absolute atomic E-state index is 0.806. The van der Waals surface area contributed by atoms with Crippen LogP contribution in [0.1, 0.15) is 0 Å². The van der Waals surface area contributed by atoms with Gasteiger partial charge >= 0.3 is 0 Å². The van der Waals surface area contributed by atoms with Crippen LogP contribution < -0.4 is 0 Å². The van der Waals surface area contributed by atoms with Crippen LogP contribution in [0.4, 0.5) is 0 Å². The molecule has 6 heterocycles. The van der Waals surface area contributed by atoms with E-state index in [9.17, 15) is 0 Å². The van der Waals surface area contributed by atoms with Gasteiger partial charge in [0, 0.05) is 70.0 Å². The van der Waals surface area contributed by atoms with Crippen LogP contribution in [0, 0.1) is 0 Å². The SMILES string of the molecule is c1cncc(-c2cc(-c3cncc4ccccc34)cc(-c3ccc(-n4c5ccccc5c5cccnc54)nc3)n2)c1. The van der Waals surface area contributed by atoms with Crippen molar-refractivity contribution in [3.63, 3.8) is 0 Å². The molecular weight excluding hydrogens is 504 g/mol. The van der Waals surface area contributed by atoms with Crippen molar-refractivity contribution >= 4 is 32.7 Å². The Labute approximate surface area is 235 Å². The molecule has 0 N–H and O–H groups in total. The van der Waals surface area contributed by atoms with Crippen LogP contribution in [0.3, 0.4) is 0 Å². The number of nitrogens with zero attached hydrogens (tertiary/aromatic N) is 6. The molecule has 0 unspecified atom stereocenters. The fourth-order valence-electron chi connectivity index (χ4n) is 5.54. The van der Waals surface area contributed by atoms with Crippen LogP contribution in [0.15, 0.2) is 134 Å². The van der Waals surface area contributed by atoms with E-state index >= 15 is 0 Å². The molecule has 41 heavy (non-hydrogen) atoms. The summed E-state index contributed by atoms with van der Waals surface area (Å²) in [6.45, 7) is 0. The Kier molecular flexibility index (Phi) is 5.35. The van der Waals surface area contributed by atoms with Gasteiger partial charge in [0.15, 0.2) is 0 Å². The van der Waals surface area contributed by atoms with Crippen molar-refractivity contribution in [3.05, 3.63) is 134 Å². The monoisotopic (exact) mass is 526 g/mol. The number of pyridine rings is 5. The molecule has 6 heteroatoms. The third kappa shape index (κ3) is 3.93. The summed E-state index contributed by atoms with van der Waals surface area (Å²) in [5, 5.41) is 4.50. The molecule has 0 aliphatic rings. The lowest BCUT2D eigenvalue weighted by Crippen LogP contribution is -1.99. The largest absolute Gasteiger partial charge is 0.278 e. The van der Waals surface area contributed by atoms with Gasteiger partial charge in [-0.1, -0.05) is 42.5 Å². The van der Waals surface area contributed by atoms with Crippen molar-refractivity contribution in [2.24, 2.45) is 0 Å². The maximum atomic E-state index is 5.05. The Hall–Kier alpha value is -5.75. The van der Waals surface area contributed by atoms with Gasteiger partial charge in [-0.15, -0.1) is 0 Å². The molecule has 192 valence electrons. The highest BCUT2D eigenvalue weighted by atomic mass is 15.1. The zero-order valence-electron chi connectivity index (χ0n) is 21.9. The van der Waals surface area contributed by atoms with Gasteiger partial charge in [-0.05, 0) is 65.5 Å². The molecule has 0 aliphatic heterocycles.